The van der Waals surface area contributed by atoms with Gasteiger partial charge in [0.1, 0.15) is 0 Å². The van der Waals surface area contributed by atoms with Crippen molar-refractivity contribution in [3.05, 3.63) is 55.7 Å². The number of halogens is 1. The molecule has 0 spiro atoms. The van der Waals surface area contributed by atoms with Crippen LogP contribution in [0.25, 0.3) is 0 Å². The molecule has 0 aliphatic rings. The molecule has 1 N–H and O–H groups in total. The van der Waals surface area contributed by atoms with Crippen molar-refractivity contribution in [3.63, 3.8) is 0 Å². The maximum absolute atomic E-state index is 3.64. The van der Waals surface area contributed by atoms with Crippen molar-refractivity contribution < 1.29 is 0 Å². The first-order valence-electron chi connectivity index (χ1n) is 6.64. The molecule has 1 nitrogen and oxygen atoms in total. The molecule has 0 aliphatic carbocycles. The minimum absolute atomic E-state index is 0.397. The summed E-state index contributed by atoms with van der Waals surface area (Å²) in [6, 6.07) is 9.32. The van der Waals surface area contributed by atoms with Crippen molar-refractivity contribution in [2.24, 2.45) is 0 Å². The topological polar surface area (TPSA) is 12.0 Å². The van der Waals surface area contributed by atoms with Crippen LogP contribution in [0.3, 0.4) is 0 Å². The van der Waals surface area contributed by atoms with Crippen LogP contribution in [0.15, 0.2) is 34.1 Å². The van der Waals surface area contributed by atoms with Crippen LogP contribution in [0.4, 0.5) is 0 Å². The first kappa shape index (κ1) is 14.8. The highest BCUT2D eigenvalue weighted by atomic mass is 79.9. The Bertz CT molecular complexity index is 511. The number of hydrogen-bond acceptors (Lipinski definition) is 2. The summed E-state index contributed by atoms with van der Waals surface area (Å²) in [5.41, 5.74) is 4.00. The zero-order chi connectivity index (χ0) is 13.8. The monoisotopic (exact) mass is 337 g/mol. The van der Waals surface area contributed by atoms with Crippen LogP contribution >= 0.6 is 27.3 Å². The van der Waals surface area contributed by atoms with Crippen LogP contribution in [0.5, 0.6) is 0 Å². The Hall–Kier alpha value is -0.640. The summed E-state index contributed by atoms with van der Waals surface area (Å²) in [5.74, 6) is 0. The van der Waals surface area contributed by atoms with Crippen LogP contribution in [-0.4, -0.2) is 6.54 Å². The molecule has 0 saturated carbocycles. The van der Waals surface area contributed by atoms with E-state index in [9.17, 15) is 0 Å². The van der Waals surface area contributed by atoms with Gasteiger partial charge in [0.2, 0.25) is 0 Å². The summed E-state index contributed by atoms with van der Waals surface area (Å²) < 4.78 is 1.22. The number of nitrogens with one attached hydrogen (secondary N) is 1. The second-order valence-corrected chi connectivity index (χ2v) is 6.69. The molecule has 19 heavy (non-hydrogen) atoms. The Morgan fingerprint density at radius 1 is 1.26 bits per heavy atom. The molecule has 0 amide bonds. The lowest BCUT2D eigenvalue weighted by molar-refractivity contribution is 0.552. The SMILES string of the molecule is CCNC(Cc1cccs1)c1cc(C)c(Br)c(C)c1. The molecular formula is C16H20BrNS. The molecule has 0 radical (unpaired) electrons. The summed E-state index contributed by atoms with van der Waals surface area (Å²) in [5, 5.41) is 5.75. The standard InChI is InChI=1S/C16H20BrNS/c1-4-18-15(10-14-6-5-7-19-14)13-8-11(2)16(17)12(3)9-13/h5-9,15,18H,4,10H2,1-3H3. The number of hydrogen-bond donors (Lipinski definition) is 1. The van der Waals surface area contributed by atoms with E-state index in [1.165, 1.54) is 26.0 Å². The molecule has 1 unspecified atom stereocenters. The fourth-order valence-corrected chi connectivity index (χ4v) is 3.35. The van der Waals surface area contributed by atoms with Crippen molar-refractivity contribution in [1.82, 2.24) is 5.32 Å². The van der Waals surface area contributed by atoms with E-state index in [-0.39, 0.29) is 0 Å². The molecule has 0 saturated heterocycles. The first-order valence-corrected chi connectivity index (χ1v) is 8.31. The lowest BCUT2D eigenvalue weighted by atomic mass is 9.98. The van der Waals surface area contributed by atoms with E-state index in [1.807, 2.05) is 11.3 Å². The van der Waals surface area contributed by atoms with Crippen LogP contribution in [0, 0.1) is 13.8 Å². The molecule has 1 aromatic carbocycles. The van der Waals surface area contributed by atoms with Crippen LogP contribution < -0.4 is 5.32 Å². The quantitative estimate of drug-likeness (QED) is 0.807. The Kier molecular flexibility index (Phi) is 5.20. The van der Waals surface area contributed by atoms with Crippen molar-refractivity contribution in [2.75, 3.05) is 6.54 Å². The van der Waals surface area contributed by atoms with Crippen LogP contribution in [0.1, 0.15) is 34.5 Å². The molecule has 1 atom stereocenters. The smallest absolute Gasteiger partial charge is 0.0368 e. The summed E-state index contributed by atoms with van der Waals surface area (Å²) in [4.78, 5) is 1.43. The van der Waals surface area contributed by atoms with Gasteiger partial charge in [-0.15, -0.1) is 11.3 Å². The number of rotatable bonds is 5. The van der Waals surface area contributed by atoms with Gasteiger partial charge in [-0.25, -0.2) is 0 Å². The minimum atomic E-state index is 0.397. The maximum Gasteiger partial charge on any atom is 0.0368 e. The molecule has 102 valence electrons. The fourth-order valence-electron chi connectivity index (χ4n) is 2.36. The molecule has 0 bridgehead atoms. The predicted molar refractivity (Wildman–Crippen MR) is 88.1 cm³/mol. The molecule has 2 rings (SSSR count). The van der Waals surface area contributed by atoms with E-state index < -0.39 is 0 Å². The third-order valence-electron chi connectivity index (χ3n) is 3.30. The fraction of sp³-hybridized carbons (Fsp3) is 0.375. The van der Waals surface area contributed by atoms with Gasteiger partial charge in [-0.3, -0.25) is 0 Å². The lowest BCUT2D eigenvalue weighted by Gasteiger charge is -2.19. The second kappa shape index (κ2) is 6.69. The third kappa shape index (κ3) is 3.68. The van der Waals surface area contributed by atoms with Crippen molar-refractivity contribution in [3.8, 4) is 0 Å². The number of likely N-dealkylation sites (N-methyl/N-ethyl adjacent to an activating group) is 1. The normalized spacial score (nSPS) is 12.6. The highest BCUT2D eigenvalue weighted by molar-refractivity contribution is 9.10. The highest BCUT2D eigenvalue weighted by Crippen LogP contribution is 2.28. The molecule has 1 heterocycles. The average Bonchev–Trinajstić information content (AvgIpc) is 2.88. The van der Waals surface area contributed by atoms with E-state index in [1.54, 1.807) is 0 Å². The summed E-state index contributed by atoms with van der Waals surface area (Å²) in [6.45, 7) is 7.48. The molecule has 3 heteroatoms. The van der Waals surface area contributed by atoms with Gasteiger partial charge in [-0.2, -0.15) is 0 Å². The number of benzene rings is 1. The van der Waals surface area contributed by atoms with Gasteiger partial charge < -0.3 is 5.32 Å². The largest absolute Gasteiger partial charge is 0.310 e. The van der Waals surface area contributed by atoms with Gasteiger partial charge in [0.15, 0.2) is 0 Å². The zero-order valence-electron chi connectivity index (χ0n) is 11.7. The summed E-state index contributed by atoms with van der Waals surface area (Å²) in [7, 11) is 0. The van der Waals surface area contributed by atoms with E-state index in [4.69, 9.17) is 0 Å². The van der Waals surface area contributed by atoms with Crippen molar-refractivity contribution in [1.29, 1.82) is 0 Å². The maximum atomic E-state index is 3.64. The third-order valence-corrected chi connectivity index (χ3v) is 5.45. The zero-order valence-corrected chi connectivity index (χ0v) is 14.1. The average molecular weight is 338 g/mol. The second-order valence-electron chi connectivity index (χ2n) is 4.86. The number of thiophene rings is 1. The molecule has 0 aliphatic heterocycles. The Morgan fingerprint density at radius 3 is 2.47 bits per heavy atom. The first-order chi connectivity index (χ1) is 9.11. The van der Waals surface area contributed by atoms with Gasteiger partial charge in [0.05, 0.1) is 0 Å². The Morgan fingerprint density at radius 2 is 1.95 bits per heavy atom. The highest BCUT2D eigenvalue weighted by Gasteiger charge is 2.14. The van der Waals surface area contributed by atoms with E-state index >= 15 is 0 Å². The van der Waals surface area contributed by atoms with Gasteiger partial charge in [-0.1, -0.05) is 41.1 Å². The minimum Gasteiger partial charge on any atom is -0.310 e. The summed E-state index contributed by atoms with van der Waals surface area (Å²) in [6.07, 6.45) is 1.06. The number of aryl methyl sites for hydroxylation is 2. The van der Waals surface area contributed by atoms with E-state index in [0.29, 0.717) is 6.04 Å². The molecule has 2 aromatic rings. The molecule has 0 fully saturated rings. The summed E-state index contributed by atoms with van der Waals surface area (Å²) >= 11 is 5.48. The lowest BCUT2D eigenvalue weighted by Crippen LogP contribution is -2.22. The van der Waals surface area contributed by atoms with Gasteiger partial charge in [-0.05, 0) is 48.5 Å². The Balaban J connectivity index is 2.28. The van der Waals surface area contributed by atoms with Gasteiger partial charge >= 0.3 is 0 Å². The van der Waals surface area contributed by atoms with E-state index in [0.717, 1.165) is 13.0 Å². The van der Waals surface area contributed by atoms with Gasteiger partial charge in [0, 0.05) is 21.8 Å². The molecular weight excluding hydrogens is 318 g/mol. The predicted octanol–water partition coefficient (Wildman–Crippen LogP) is 5.02. The van der Waals surface area contributed by atoms with E-state index in [2.05, 4.69) is 71.7 Å². The Labute approximate surface area is 128 Å². The van der Waals surface area contributed by atoms with Crippen molar-refractivity contribution >= 4 is 27.3 Å². The van der Waals surface area contributed by atoms with Crippen molar-refractivity contribution in [2.45, 2.75) is 33.2 Å². The van der Waals surface area contributed by atoms with Crippen LogP contribution in [0.2, 0.25) is 0 Å². The van der Waals surface area contributed by atoms with Crippen LogP contribution in [-0.2, 0) is 6.42 Å². The molecule has 1 aromatic heterocycles. The van der Waals surface area contributed by atoms with Gasteiger partial charge in [0.25, 0.3) is 0 Å².